The summed E-state index contributed by atoms with van der Waals surface area (Å²) in [5.41, 5.74) is 1.06. The van der Waals surface area contributed by atoms with Gasteiger partial charge in [0.05, 0.1) is 6.10 Å². The fourth-order valence-corrected chi connectivity index (χ4v) is 1.88. The van der Waals surface area contributed by atoms with E-state index >= 15 is 0 Å². The minimum Gasteiger partial charge on any atom is -0.491 e. The van der Waals surface area contributed by atoms with E-state index in [4.69, 9.17) is 4.74 Å². The van der Waals surface area contributed by atoms with E-state index in [1.54, 1.807) is 6.20 Å². The van der Waals surface area contributed by atoms with Crippen molar-refractivity contribution in [3.05, 3.63) is 41.4 Å². The molecule has 0 saturated carbocycles. The molecular weight excluding hydrogens is 268 g/mol. The van der Waals surface area contributed by atoms with Crippen LogP contribution < -0.4 is 4.74 Å². The number of benzene rings is 1. The second-order valence-electron chi connectivity index (χ2n) is 3.73. The summed E-state index contributed by atoms with van der Waals surface area (Å²) in [6.45, 7) is 4.03. The number of aromatic nitrogens is 2. The fourth-order valence-electron chi connectivity index (χ4n) is 1.44. The molecule has 0 fully saturated rings. The zero-order chi connectivity index (χ0) is 11.5. The highest BCUT2D eigenvalue weighted by molar-refractivity contribution is 9.10. The minimum absolute atomic E-state index is 0.200. The van der Waals surface area contributed by atoms with Crippen molar-refractivity contribution in [2.45, 2.75) is 20.0 Å². The van der Waals surface area contributed by atoms with E-state index in [1.165, 1.54) is 0 Å². The van der Waals surface area contributed by atoms with Gasteiger partial charge in [-0.25, -0.2) is 4.98 Å². The number of ether oxygens (including phenoxy) is 1. The van der Waals surface area contributed by atoms with E-state index in [-0.39, 0.29) is 6.10 Å². The Bertz CT molecular complexity index is 462. The second-order valence-corrected chi connectivity index (χ2v) is 4.44. The summed E-state index contributed by atoms with van der Waals surface area (Å²) in [6.07, 6.45) is 3.86. The van der Waals surface area contributed by atoms with Crippen molar-refractivity contribution in [3.8, 4) is 11.4 Å². The van der Waals surface area contributed by atoms with Crippen molar-refractivity contribution in [3.63, 3.8) is 0 Å². The lowest BCUT2D eigenvalue weighted by atomic mass is 10.3. The Morgan fingerprint density at radius 2 is 1.94 bits per heavy atom. The van der Waals surface area contributed by atoms with Crippen LogP contribution in [0.3, 0.4) is 0 Å². The molecular formula is C12H13BrN2O. The Labute approximate surface area is 103 Å². The van der Waals surface area contributed by atoms with Crippen LogP contribution in [0.4, 0.5) is 0 Å². The zero-order valence-corrected chi connectivity index (χ0v) is 10.8. The molecule has 84 valence electrons. The Morgan fingerprint density at radius 1 is 1.25 bits per heavy atom. The smallest absolute Gasteiger partial charge is 0.181 e. The molecule has 0 aliphatic heterocycles. The van der Waals surface area contributed by atoms with Crippen molar-refractivity contribution in [2.24, 2.45) is 0 Å². The summed E-state index contributed by atoms with van der Waals surface area (Å²) in [5.74, 6) is 0.884. The molecule has 3 nitrogen and oxygen atoms in total. The molecule has 0 N–H and O–H groups in total. The molecule has 0 aliphatic rings. The number of halogens is 1. The first-order valence-electron chi connectivity index (χ1n) is 5.13. The van der Waals surface area contributed by atoms with Gasteiger partial charge in [-0.2, -0.15) is 0 Å². The third kappa shape index (κ3) is 2.44. The van der Waals surface area contributed by atoms with Crippen LogP contribution in [0, 0.1) is 0 Å². The van der Waals surface area contributed by atoms with Crippen molar-refractivity contribution < 1.29 is 4.74 Å². The standard InChI is InChI=1S/C12H13BrN2O/c1-9(2)16-11-5-3-10(4-6-11)15-8-7-14-12(15)13/h3-9H,1-2H3. The number of nitrogens with zero attached hydrogens (tertiary/aromatic N) is 2. The quantitative estimate of drug-likeness (QED) is 0.862. The van der Waals surface area contributed by atoms with Gasteiger partial charge in [0.2, 0.25) is 0 Å². The molecule has 1 aromatic heterocycles. The van der Waals surface area contributed by atoms with Crippen LogP contribution >= 0.6 is 15.9 Å². The van der Waals surface area contributed by atoms with Crippen molar-refractivity contribution in [1.82, 2.24) is 9.55 Å². The highest BCUT2D eigenvalue weighted by Gasteiger charge is 2.02. The molecule has 16 heavy (non-hydrogen) atoms. The molecule has 0 unspecified atom stereocenters. The van der Waals surface area contributed by atoms with Crippen LogP contribution in [0.25, 0.3) is 5.69 Å². The number of hydrogen-bond donors (Lipinski definition) is 0. The van der Waals surface area contributed by atoms with E-state index in [0.717, 1.165) is 16.2 Å². The Morgan fingerprint density at radius 3 is 2.44 bits per heavy atom. The summed E-state index contributed by atoms with van der Waals surface area (Å²) in [4.78, 5) is 4.11. The van der Waals surface area contributed by atoms with Crippen LogP contribution in [0.1, 0.15) is 13.8 Å². The summed E-state index contributed by atoms with van der Waals surface area (Å²) in [7, 11) is 0. The molecule has 4 heteroatoms. The van der Waals surface area contributed by atoms with Gasteiger partial charge < -0.3 is 4.74 Å². The van der Waals surface area contributed by atoms with Crippen LogP contribution in [0.2, 0.25) is 0 Å². The number of imidazole rings is 1. The molecule has 0 bridgehead atoms. The van der Waals surface area contributed by atoms with Crippen molar-refractivity contribution in [2.75, 3.05) is 0 Å². The van der Waals surface area contributed by atoms with Crippen LogP contribution in [0.5, 0.6) is 5.75 Å². The van der Waals surface area contributed by atoms with E-state index < -0.39 is 0 Å². The Hall–Kier alpha value is -1.29. The molecule has 1 heterocycles. The first kappa shape index (κ1) is 11.2. The van der Waals surface area contributed by atoms with Gasteiger partial charge in [-0.3, -0.25) is 4.57 Å². The van der Waals surface area contributed by atoms with E-state index in [0.29, 0.717) is 0 Å². The molecule has 1 aromatic carbocycles. The second kappa shape index (κ2) is 4.70. The Kier molecular flexibility index (Phi) is 3.29. The van der Waals surface area contributed by atoms with Gasteiger partial charge in [0.25, 0.3) is 0 Å². The lowest BCUT2D eigenvalue weighted by molar-refractivity contribution is 0.242. The summed E-state index contributed by atoms with van der Waals surface area (Å²) >= 11 is 3.38. The first-order valence-corrected chi connectivity index (χ1v) is 5.92. The number of rotatable bonds is 3. The highest BCUT2D eigenvalue weighted by atomic mass is 79.9. The SMILES string of the molecule is CC(C)Oc1ccc(-n2ccnc2Br)cc1. The lowest BCUT2D eigenvalue weighted by Gasteiger charge is -2.10. The van der Waals surface area contributed by atoms with Gasteiger partial charge in [0, 0.05) is 18.1 Å². The van der Waals surface area contributed by atoms with E-state index in [2.05, 4.69) is 20.9 Å². The lowest BCUT2D eigenvalue weighted by Crippen LogP contribution is -2.05. The van der Waals surface area contributed by atoms with Gasteiger partial charge >= 0.3 is 0 Å². The predicted molar refractivity (Wildman–Crippen MR) is 67.0 cm³/mol. The van der Waals surface area contributed by atoms with Gasteiger partial charge in [-0.1, -0.05) is 0 Å². The normalized spacial score (nSPS) is 10.8. The predicted octanol–water partition coefficient (Wildman–Crippen LogP) is 3.42. The summed E-state index contributed by atoms with van der Waals surface area (Å²) < 4.78 is 8.33. The molecule has 0 saturated heterocycles. The topological polar surface area (TPSA) is 27.1 Å². The summed E-state index contributed by atoms with van der Waals surface area (Å²) in [5, 5.41) is 0. The third-order valence-electron chi connectivity index (χ3n) is 2.08. The third-order valence-corrected chi connectivity index (χ3v) is 2.67. The molecule has 2 rings (SSSR count). The molecule has 0 spiro atoms. The van der Waals surface area contributed by atoms with E-state index in [1.807, 2.05) is 48.9 Å². The maximum absolute atomic E-state index is 5.58. The van der Waals surface area contributed by atoms with Crippen molar-refractivity contribution in [1.29, 1.82) is 0 Å². The van der Waals surface area contributed by atoms with Gasteiger partial charge in [-0.05, 0) is 54.0 Å². The summed E-state index contributed by atoms with van der Waals surface area (Å²) in [6, 6.07) is 7.93. The maximum Gasteiger partial charge on any atom is 0.181 e. The highest BCUT2D eigenvalue weighted by Crippen LogP contribution is 2.19. The average Bonchev–Trinajstić information content (AvgIpc) is 2.65. The number of hydrogen-bond acceptors (Lipinski definition) is 2. The van der Waals surface area contributed by atoms with Crippen LogP contribution in [-0.4, -0.2) is 15.7 Å². The first-order chi connectivity index (χ1) is 7.66. The van der Waals surface area contributed by atoms with E-state index in [9.17, 15) is 0 Å². The molecule has 0 amide bonds. The van der Waals surface area contributed by atoms with Gasteiger partial charge in [0.1, 0.15) is 5.75 Å². The van der Waals surface area contributed by atoms with Crippen molar-refractivity contribution >= 4 is 15.9 Å². The zero-order valence-electron chi connectivity index (χ0n) is 9.22. The molecule has 0 radical (unpaired) electrons. The van der Waals surface area contributed by atoms with Gasteiger partial charge in [-0.15, -0.1) is 0 Å². The average molecular weight is 281 g/mol. The van der Waals surface area contributed by atoms with Crippen LogP contribution in [-0.2, 0) is 0 Å². The van der Waals surface area contributed by atoms with Crippen LogP contribution in [0.15, 0.2) is 41.4 Å². The molecule has 0 aliphatic carbocycles. The molecule has 2 aromatic rings. The monoisotopic (exact) mass is 280 g/mol. The van der Waals surface area contributed by atoms with Gasteiger partial charge in [0.15, 0.2) is 4.73 Å². The maximum atomic E-state index is 5.58. The fraction of sp³-hybridized carbons (Fsp3) is 0.250. The minimum atomic E-state index is 0.200. The largest absolute Gasteiger partial charge is 0.491 e. The Balaban J connectivity index is 2.23. The molecule has 0 atom stereocenters.